The topological polar surface area (TPSA) is 38.8 Å². The Hall–Kier alpha value is -1.07. The molecular formula is C13H18BrNO3. The van der Waals surface area contributed by atoms with E-state index in [1.165, 1.54) is 12.2 Å². The highest BCUT2D eigenvalue weighted by molar-refractivity contribution is 9.10. The van der Waals surface area contributed by atoms with Crippen molar-refractivity contribution in [3.8, 4) is 5.75 Å². The number of nitrogens with zero attached hydrogens (tertiary/aromatic N) is 1. The normalized spacial score (nSPS) is 12.0. The molecule has 18 heavy (non-hydrogen) atoms. The van der Waals surface area contributed by atoms with Crippen molar-refractivity contribution < 1.29 is 14.4 Å². The van der Waals surface area contributed by atoms with Crippen LogP contribution in [0.1, 0.15) is 19.8 Å². The van der Waals surface area contributed by atoms with E-state index in [4.69, 9.17) is 9.57 Å². The molecule has 1 aromatic carbocycles. The Bertz CT molecular complexity index is 398. The third kappa shape index (κ3) is 3.99. The van der Waals surface area contributed by atoms with Gasteiger partial charge in [0, 0.05) is 7.05 Å². The number of halogens is 1. The lowest BCUT2D eigenvalue weighted by Gasteiger charge is -2.22. The lowest BCUT2D eigenvalue weighted by molar-refractivity contribution is -0.176. The fourth-order valence-corrected chi connectivity index (χ4v) is 1.86. The van der Waals surface area contributed by atoms with Crippen LogP contribution in [0.2, 0.25) is 0 Å². The van der Waals surface area contributed by atoms with Crippen molar-refractivity contribution in [2.24, 2.45) is 0 Å². The van der Waals surface area contributed by atoms with Gasteiger partial charge < -0.3 is 4.74 Å². The molecule has 0 N–H and O–H groups in total. The summed E-state index contributed by atoms with van der Waals surface area (Å²) in [5.41, 5.74) is 0. The summed E-state index contributed by atoms with van der Waals surface area (Å²) < 4.78 is 6.58. The van der Waals surface area contributed by atoms with Crippen LogP contribution >= 0.6 is 15.9 Å². The van der Waals surface area contributed by atoms with Crippen LogP contribution in [0, 0.1) is 0 Å². The first-order chi connectivity index (χ1) is 8.60. The first-order valence-corrected chi connectivity index (χ1v) is 6.62. The van der Waals surface area contributed by atoms with Crippen LogP contribution in [-0.4, -0.2) is 31.2 Å². The van der Waals surface area contributed by atoms with Gasteiger partial charge in [0.05, 0.1) is 11.6 Å². The maximum absolute atomic E-state index is 12.0. The van der Waals surface area contributed by atoms with E-state index in [-0.39, 0.29) is 5.91 Å². The molecule has 0 aliphatic rings. The number of hydrogen-bond acceptors (Lipinski definition) is 3. The first-order valence-electron chi connectivity index (χ1n) is 5.83. The predicted octanol–water partition coefficient (Wildman–Crippen LogP) is 3.02. The second-order valence-electron chi connectivity index (χ2n) is 3.84. The summed E-state index contributed by atoms with van der Waals surface area (Å²) in [6.45, 7) is 2.01. The van der Waals surface area contributed by atoms with E-state index < -0.39 is 6.10 Å². The SMILES string of the molecule is CCCC(Oc1ccccc1Br)C(=O)N(C)OC. The van der Waals surface area contributed by atoms with Crippen LogP contribution in [0.15, 0.2) is 28.7 Å². The molecule has 1 atom stereocenters. The van der Waals surface area contributed by atoms with Crippen LogP contribution in [0.4, 0.5) is 0 Å². The van der Waals surface area contributed by atoms with Gasteiger partial charge in [-0.1, -0.05) is 25.5 Å². The highest BCUT2D eigenvalue weighted by Gasteiger charge is 2.24. The molecule has 0 aliphatic carbocycles. The molecular weight excluding hydrogens is 298 g/mol. The number of benzene rings is 1. The molecule has 5 heteroatoms. The summed E-state index contributed by atoms with van der Waals surface area (Å²) in [6.07, 6.45) is 0.977. The van der Waals surface area contributed by atoms with E-state index in [2.05, 4.69) is 15.9 Å². The fraction of sp³-hybridized carbons (Fsp3) is 0.462. The number of amides is 1. The minimum absolute atomic E-state index is 0.185. The highest BCUT2D eigenvalue weighted by atomic mass is 79.9. The number of carbonyl (C=O) groups excluding carboxylic acids is 1. The molecule has 0 radical (unpaired) electrons. The van der Waals surface area contributed by atoms with E-state index in [9.17, 15) is 4.79 Å². The number of hydroxylamine groups is 2. The minimum atomic E-state index is -0.529. The molecule has 0 aromatic heterocycles. The third-order valence-electron chi connectivity index (χ3n) is 2.52. The Morgan fingerprint density at radius 1 is 1.44 bits per heavy atom. The zero-order chi connectivity index (χ0) is 13.5. The quantitative estimate of drug-likeness (QED) is 0.757. The predicted molar refractivity (Wildman–Crippen MR) is 73.2 cm³/mol. The number of para-hydroxylation sites is 1. The van der Waals surface area contributed by atoms with Gasteiger partial charge in [0.1, 0.15) is 5.75 Å². The number of ether oxygens (including phenoxy) is 1. The summed E-state index contributed by atoms with van der Waals surface area (Å²) in [7, 11) is 3.04. The Labute approximate surface area is 116 Å². The van der Waals surface area contributed by atoms with Gasteiger partial charge in [0.15, 0.2) is 6.10 Å². The van der Waals surface area contributed by atoms with Gasteiger partial charge in [0.2, 0.25) is 0 Å². The largest absolute Gasteiger partial charge is 0.479 e. The Kier molecular flexibility index (Phi) is 6.15. The molecule has 0 saturated heterocycles. The van der Waals surface area contributed by atoms with Crippen molar-refractivity contribution in [1.29, 1.82) is 0 Å². The molecule has 0 fully saturated rings. The van der Waals surface area contributed by atoms with Gasteiger partial charge in [-0.05, 0) is 34.5 Å². The summed E-state index contributed by atoms with van der Waals surface area (Å²) >= 11 is 3.40. The molecule has 1 amide bonds. The zero-order valence-corrected chi connectivity index (χ0v) is 12.4. The van der Waals surface area contributed by atoms with E-state index in [1.807, 2.05) is 31.2 Å². The summed E-state index contributed by atoms with van der Waals surface area (Å²) in [4.78, 5) is 16.9. The smallest absolute Gasteiger partial charge is 0.286 e. The van der Waals surface area contributed by atoms with E-state index in [1.54, 1.807) is 7.05 Å². The van der Waals surface area contributed by atoms with Crippen molar-refractivity contribution in [3.05, 3.63) is 28.7 Å². The number of carbonyl (C=O) groups is 1. The van der Waals surface area contributed by atoms with Crippen LogP contribution < -0.4 is 4.74 Å². The minimum Gasteiger partial charge on any atom is -0.479 e. The van der Waals surface area contributed by atoms with Crippen molar-refractivity contribution in [2.45, 2.75) is 25.9 Å². The van der Waals surface area contributed by atoms with Crippen LogP contribution in [0.3, 0.4) is 0 Å². The molecule has 1 unspecified atom stereocenters. The van der Waals surface area contributed by atoms with Crippen molar-refractivity contribution in [1.82, 2.24) is 5.06 Å². The van der Waals surface area contributed by atoms with Crippen molar-refractivity contribution >= 4 is 21.8 Å². The van der Waals surface area contributed by atoms with Crippen LogP contribution in [-0.2, 0) is 9.63 Å². The molecule has 1 aromatic rings. The maximum atomic E-state index is 12.0. The Morgan fingerprint density at radius 2 is 2.11 bits per heavy atom. The molecule has 0 spiro atoms. The molecule has 0 aliphatic heterocycles. The Balaban J connectivity index is 2.80. The number of likely N-dealkylation sites (N-methyl/N-ethyl adjacent to an activating group) is 1. The molecule has 4 nitrogen and oxygen atoms in total. The summed E-state index contributed by atoms with van der Waals surface area (Å²) in [5.74, 6) is 0.476. The lowest BCUT2D eigenvalue weighted by atomic mass is 10.2. The van der Waals surface area contributed by atoms with E-state index >= 15 is 0 Å². The second-order valence-corrected chi connectivity index (χ2v) is 4.70. The van der Waals surface area contributed by atoms with Crippen molar-refractivity contribution in [2.75, 3.05) is 14.2 Å². The molecule has 0 heterocycles. The zero-order valence-electron chi connectivity index (χ0n) is 10.9. The third-order valence-corrected chi connectivity index (χ3v) is 3.17. The molecule has 0 bridgehead atoms. The van der Waals surface area contributed by atoms with Gasteiger partial charge in [-0.3, -0.25) is 9.63 Å². The molecule has 100 valence electrons. The second kappa shape index (κ2) is 7.38. The number of rotatable bonds is 6. The number of hydrogen-bond donors (Lipinski definition) is 0. The Morgan fingerprint density at radius 3 is 2.67 bits per heavy atom. The van der Waals surface area contributed by atoms with Crippen LogP contribution in [0.25, 0.3) is 0 Å². The van der Waals surface area contributed by atoms with Crippen LogP contribution in [0.5, 0.6) is 5.75 Å². The average Bonchev–Trinajstić information content (AvgIpc) is 2.39. The molecule has 0 saturated carbocycles. The standard InChI is InChI=1S/C13H18BrNO3/c1-4-7-12(13(16)15(2)17-3)18-11-9-6-5-8-10(11)14/h5-6,8-9,12H,4,7H2,1-3H3. The molecule has 1 rings (SSSR count). The van der Waals surface area contributed by atoms with Gasteiger partial charge in [-0.15, -0.1) is 0 Å². The van der Waals surface area contributed by atoms with Gasteiger partial charge in [-0.2, -0.15) is 0 Å². The van der Waals surface area contributed by atoms with Gasteiger partial charge in [-0.25, -0.2) is 5.06 Å². The highest BCUT2D eigenvalue weighted by Crippen LogP contribution is 2.26. The maximum Gasteiger partial charge on any atom is 0.286 e. The summed E-state index contributed by atoms with van der Waals surface area (Å²) in [5, 5.41) is 1.19. The monoisotopic (exact) mass is 315 g/mol. The first kappa shape index (κ1) is 15.0. The van der Waals surface area contributed by atoms with Gasteiger partial charge in [0.25, 0.3) is 5.91 Å². The average molecular weight is 316 g/mol. The fourth-order valence-electron chi connectivity index (χ4n) is 1.48. The lowest BCUT2D eigenvalue weighted by Crippen LogP contribution is -2.39. The van der Waals surface area contributed by atoms with E-state index in [0.29, 0.717) is 12.2 Å². The van der Waals surface area contributed by atoms with Gasteiger partial charge >= 0.3 is 0 Å². The van der Waals surface area contributed by atoms with Crippen molar-refractivity contribution in [3.63, 3.8) is 0 Å². The summed E-state index contributed by atoms with van der Waals surface area (Å²) in [6, 6.07) is 7.47. The van der Waals surface area contributed by atoms with E-state index in [0.717, 1.165) is 10.9 Å².